The van der Waals surface area contributed by atoms with E-state index in [4.69, 9.17) is 4.74 Å². The van der Waals surface area contributed by atoms with Crippen molar-refractivity contribution in [2.45, 2.75) is 39.5 Å². The molecule has 0 bridgehead atoms. The molecule has 0 amide bonds. The second-order valence-corrected chi connectivity index (χ2v) is 16.4. The molecule has 0 aliphatic heterocycles. The van der Waals surface area contributed by atoms with Gasteiger partial charge in [-0.2, -0.15) is 0 Å². The summed E-state index contributed by atoms with van der Waals surface area (Å²) < 4.78 is 9.15. The fourth-order valence-corrected chi connectivity index (χ4v) is 10.4. The molecule has 0 fully saturated rings. The van der Waals surface area contributed by atoms with Crippen molar-refractivity contribution < 1.29 is 4.74 Å². The number of hydrogen-bond donors (Lipinski definition) is 0. The van der Waals surface area contributed by atoms with E-state index in [0.717, 1.165) is 23.5 Å². The minimum atomic E-state index is -0.477. The Hall–Kier alpha value is -7.16. The molecule has 2 nitrogen and oxygen atoms in total. The summed E-state index contributed by atoms with van der Waals surface area (Å²) in [7, 11) is 0. The van der Waals surface area contributed by atoms with Crippen LogP contribution in [0.1, 0.15) is 53.6 Å². The number of fused-ring (bicyclic) bond motifs is 10. The van der Waals surface area contributed by atoms with E-state index in [9.17, 15) is 0 Å². The number of aromatic nitrogens is 1. The molecule has 11 rings (SSSR count). The summed E-state index contributed by atoms with van der Waals surface area (Å²) in [5.74, 6) is 1.79. The molecule has 1 heterocycles. The van der Waals surface area contributed by atoms with Gasteiger partial charge in [-0.25, -0.2) is 0 Å². The highest BCUT2D eigenvalue weighted by Crippen LogP contribution is 2.64. The van der Waals surface area contributed by atoms with E-state index in [2.05, 4.69) is 214 Å². The minimum Gasteiger partial charge on any atom is -0.457 e. The van der Waals surface area contributed by atoms with Crippen LogP contribution in [0.5, 0.6) is 11.5 Å². The van der Waals surface area contributed by atoms with E-state index in [1.807, 2.05) is 6.07 Å². The molecular weight excluding hydrogens is 727 g/mol. The number of allylic oxidation sites excluding steroid dienone is 4. The zero-order valence-corrected chi connectivity index (χ0v) is 34.5. The maximum Gasteiger partial charge on any atom is 0.130 e. The van der Waals surface area contributed by atoms with Crippen molar-refractivity contribution in [3.05, 3.63) is 227 Å². The van der Waals surface area contributed by atoms with E-state index in [1.165, 1.54) is 99.8 Å². The Kier molecular flexibility index (Phi) is 8.39. The van der Waals surface area contributed by atoms with Crippen molar-refractivity contribution in [1.82, 2.24) is 4.57 Å². The Morgan fingerprint density at radius 3 is 2.03 bits per heavy atom. The predicted octanol–water partition coefficient (Wildman–Crippen LogP) is 15.6. The third kappa shape index (κ3) is 5.27. The van der Waals surface area contributed by atoms with E-state index in [0.29, 0.717) is 0 Å². The number of para-hydroxylation sites is 3. The van der Waals surface area contributed by atoms with Crippen LogP contribution >= 0.6 is 0 Å². The summed E-state index contributed by atoms with van der Waals surface area (Å²) in [6.45, 7) is 8.94. The van der Waals surface area contributed by atoms with E-state index >= 15 is 0 Å². The van der Waals surface area contributed by atoms with Crippen LogP contribution in [0, 0.1) is 13.8 Å². The highest BCUT2D eigenvalue weighted by atomic mass is 16.5. The molecule has 1 spiro atoms. The van der Waals surface area contributed by atoms with Gasteiger partial charge in [0, 0.05) is 16.5 Å². The molecule has 0 radical (unpaired) electrons. The number of rotatable bonds is 7. The first-order valence-corrected chi connectivity index (χ1v) is 21.2. The van der Waals surface area contributed by atoms with Crippen LogP contribution in [0.15, 0.2) is 194 Å². The Morgan fingerprint density at radius 1 is 0.517 bits per heavy atom. The summed E-state index contributed by atoms with van der Waals surface area (Å²) in [5.41, 5.74) is 20.8. The zero-order chi connectivity index (χ0) is 40.5. The van der Waals surface area contributed by atoms with Crippen molar-refractivity contribution in [1.29, 1.82) is 0 Å². The molecule has 288 valence electrons. The lowest BCUT2D eigenvalue weighted by molar-refractivity contribution is 0.473. The van der Waals surface area contributed by atoms with Crippen LogP contribution in [-0.2, 0) is 5.41 Å². The standard InChI is InChI=1S/C58H45NO/c1-5-6-22-45-39(4)58(51-25-13-11-23-46(45)51)52-36-43(28-30-47(52)49-31-33-56(38(3)57(49)58)60-55-27-15-10-17-37(55)2)41-19-16-18-40(34-41)42-29-32-54-50(35-42)48-24-12-14-26-53(48)59(54)44-20-8-7-9-21-44/h6-36H,5H2,1-4H3/b22-6-. The van der Waals surface area contributed by atoms with Crippen LogP contribution < -0.4 is 4.74 Å². The molecule has 9 aromatic rings. The molecule has 2 aliphatic carbocycles. The van der Waals surface area contributed by atoms with Gasteiger partial charge in [-0.1, -0.05) is 140 Å². The number of hydrogen-bond acceptors (Lipinski definition) is 1. The first-order chi connectivity index (χ1) is 29.5. The van der Waals surface area contributed by atoms with E-state index in [-0.39, 0.29) is 0 Å². The van der Waals surface area contributed by atoms with Gasteiger partial charge in [0.1, 0.15) is 11.5 Å². The zero-order valence-electron chi connectivity index (χ0n) is 34.5. The van der Waals surface area contributed by atoms with Gasteiger partial charge in [0.15, 0.2) is 0 Å². The summed E-state index contributed by atoms with van der Waals surface area (Å²) in [4.78, 5) is 0. The molecule has 0 N–H and O–H groups in total. The molecule has 60 heavy (non-hydrogen) atoms. The van der Waals surface area contributed by atoms with E-state index in [1.54, 1.807) is 0 Å². The lowest BCUT2D eigenvalue weighted by atomic mass is 9.68. The monoisotopic (exact) mass is 771 g/mol. The maximum atomic E-state index is 6.77. The van der Waals surface area contributed by atoms with Crippen LogP contribution in [0.3, 0.4) is 0 Å². The highest BCUT2D eigenvalue weighted by Gasteiger charge is 2.52. The average Bonchev–Trinajstić information content (AvgIpc) is 3.88. The number of ether oxygens (including phenoxy) is 1. The normalized spacial score (nSPS) is 15.3. The Bertz CT molecular complexity index is 3250. The summed E-state index contributed by atoms with van der Waals surface area (Å²) in [6.07, 6.45) is 5.63. The van der Waals surface area contributed by atoms with Crippen molar-refractivity contribution in [3.8, 4) is 50.6 Å². The number of nitrogens with zero attached hydrogens (tertiary/aromatic N) is 1. The summed E-state index contributed by atoms with van der Waals surface area (Å²) >= 11 is 0. The molecule has 8 aromatic carbocycles. The van der Waals surface area contributed by atoms with Crippen LogP contribution in [0.4, 0.5) is 0 Å². The van der Waals surface area contributed by atoms with Crippen LogP contribution in [0.2, 0.25) is 0 Å². The highest BCUT2D eigenvalue weighted by molar-refractivity contribution is 6.10. The molecular formula is C58H45NO. The lowest BCUT2D eigenvalue weighted by Crippen LogP contribution is -2.27. The van der Waals surface area contributed by atoms with Crippen molar-refractivity contribution in [2.24, 2.45) is 0 Å². The van der Waals surface area contributed by atoms with Gasteiger partial charge in [-0.15, -0.1) is 0 Å². The van der Waals surface area contributed by atoms with Crippen molar-refractivity contribution in [3.63, 3.8) is 0 Å². The summed E-state index contributed by atoms with van der Waals surface area (Å²) in [6, 6.07) is 64.5. The topological polar surface area (TPSA) is 14.2 Å². The average molecular weight is 772 g/mol. The molecule has 2 heteroatoms. The smallest absolute Gasteiger partial charge is 0.130 e. The second kappa shape index (κ2) is 14.0. The lowest BCUT2D eigenvalue weighted by Gasteiger charge is -2.33. The van der Waals surface area contributed by atoms with Gasteiger partial charge in [-0.05, 0) is 160 Å². The van der Waals surface area contributed by atoms with Gasteiger partial charge < -0.3 is 9.30 Å². The maximum absolute atomic E-state index is 6.77. The van der Waals surface area contributed by atoms with Crippen LogP contribution in [-0.4, -0.2) is 4.57 Å². The summed E-state index contributed by atoms with van der Waals surface area (Å²) in [5, 5.41) is 2.51. The minimum absolute atomic E-state index is 0.477. The first kappa shape index (κ1) is 36.0. The van der Waals surface area contributed by atoms with Gasteiger partial charge >= 0.3 is 0 Å². The molecule has 1 aromatic heterocycles. The van der Waals surface area contributed by atoms with Crippen molar-refractivity contribution in [2.75, 3.05) is 0 Å². The number of aryl methyl sites for hydroxylation is 1. The largest absolute Gasteiger partial charge is 0.457 e. The van der Waals surface area contributed by atoms with Crippen LogP contribution in [0.25, 0.3) is 66.4 Å². The van der Waals surface area contributed by atoms with Gasteiger partial charge in [0.25, 0.3) is 0 Å². The molecule has 1 unspecified atom stereocenters. The first-order valence-electron chi connectivity index (χ1n) is 21.2. The number of benzene rings is 8. The Balaban J connectivity index is 1.08. The third-order valence-electron chi connectivity index (χ3n) is 13.1. The third-order valence-corrected chi connectivity index (χ3v) is 13.1. The fourth-order valence-electron chi connectivity index (χ4n) is 10.4. The van der Waals surface area contributed by atoms with Gasteiger partial charge in [0.2, 0.25) is 0 Å². The molecule has 0 saturated carbocycles. The molecule has 1 atom stereocenters. The second-order valence-electron chi connectivity index (χ2n) is 16.4. The quantitative estimate of drug-likeness (QED) is 0.157. The van der Waals surface area contributed by atoms with Crippen molar-refractivity contribution >= 4 is 27.4 Å². The SMILES string of the molecule is CC/C=C\C1=C(C)C2(c3ccccc31)c1cc(-c3cccc(-c4ccc5c(c4)c4ccccc4n5-c4ccccc4)c3)ccc1-c1ccc(Oc3ccccc3C)c(C)c12. The predicted molar refractivity (Wildman–Crippen MR) is 251 cm³/mol. The van der Waals surface area contributed by atoms with Gasteiger partial charge in [-0.3, -0.25) is 0 Å². The Morgan fingerprint density at radius 2 is 1.20 bits per heavy atom. The van der Waals surface area contributed by atoms with E-state index < -0.39 is 5.41 Å². The van der Waals surface area contributed by atoms with Gasteiger partial charge in [0.05, 0.1) is 16.4 Å². The molecule has 2 aliphatic rings. The Labute approximate surface area is 352 Å². The fraction of sp³-hybridized carbons (Fsp3) is 0.103. The molecule has 0 saturated heterocycles.